The van der Waals surface area contributed by atoms with Crippen LogP contribution in [0, 0.1) is 0 Å². The van der Waals surface area contributed by atoms with E-state index in [9.17, 15) is 5.11 Å². The third kappa shape index (κ3) is 2.31. The van der Waals surface area contributed by atoms with Gasteiger partial charge in [0.05, 0.1) is 12.3 Å². The first kappa shape index (κ1) is 13.2. The van der Waals surface area contributed by atoms with E-state index < -0.39 is 0 Å². The van der Waals surface area contributed by atoms with E-state index in [-0.39, 0.29) is 6.61 Å². The van der Waals surface area contributed by atoms with Gasteiger partial charge in [0, 0.05) is 24.2 Å². The molecule has 1 aliphatic rings. The van der Waals surface area contributed by atoms with Gasteiger partial charge in [0.2, 0.25) is 0 Å². The predicted molar refractivity (Wildman–Crippen MR) is 83.7 cm³/mol. The van der Waals surface area contributed by atoms with Crippen molar-refractivity contribution in [1.29, 1.82) is 0 Å². The lowest BCUT2D eigenvalue weighted by Gasteiger charge is -2.24. The summed E-state index contributed by atoms with van der Waals surface area (Å²) in [5.41, 5.74) is 1.92. The number of hydrogen-bond donors (Lipinski definition) is 1. The number of aliphatic hydroxyl groups is 1. The van der Waals surface area contributed by atoms with E-state index in [1.165, 1.54) is 6.33 Å². The minimum Gasteiger partial charge on any atom is -0.395 e. The van der Waals surface area contributed by atoms with Crippen molar-refractivity contribution in [3.05, 3.63) is 42.7 Å². The summed E-state index contributed by atoms with van der Waals surface area (Å²) < 4.78 is 1.75. The maximum atomic E-state index is 9.38. The van der Waals surface area contributed by atoms with Crippen molar-refractivity contribution in [3.63, 3.8) is 0 Å². The number of aromatic nitrogens is 4. The third-order valence-electron chi connectivity index (χ3n) is 3.93. The van der Waals surface area contributed by atoms with Crippen molar-refractivity contribution in [2.75, 3.05) is 18.1 Å². The molecule has 4 rings (SSSR count). The summed E-state index contributed by atoms with van der Waals surface area (Å²) in [4.78, 5) is 11.0. The summed E-state index contributed by atoms with van der Waals surface area (Å²) in [6.07, 6.45) is 3.82. The molecule has 1 fully saturated rings. The van der Waals surface area contributed by atoms with Crippen LogP contribution >= 0.6 is 0 Å². The van der Waals surface area contributed by atoms with E-state index in [0.29, 0.717) is 18.4 Å². The van der Waals surface area contributed by atoms with Crippen LogP contribution < -0.4 is 4.90 Å². The van der Waals surface area contributed by atoms with Crippen molar-refractivity contribution in [3.8, 4) is 11.3 Å². The topological polar surface area (TPSA) is 66.5 Å². The Morgan fingerprint density at radius 1 is 1.23 bits per heavy atom. The van der Waals surface area contributed by atoms with Crippen LogP contribution in [-0.4, -0.2) is 43.9 Å². The fourth-order valence-electron chi connectivity index (χ4n) is 2.74. The number of hydrogen-bond acceptors (Lipinski definition) is 5. The Labute approximate surface area is 128 Å². The molecule has 0 radical (unpaired) electrons. The van der Waals surface area contributed by atoms with Crippen molar-refractivity contribution in [1.82, 2.24) is 19.6 Å². The highest BCUT2D eigenvalue weighted by Crippen LogP contribution is 2.32. The highest BCUT2D eigenvalue weighted by atomic mass is 16.3. The number of rotatable bonds is 5. The van der Waals surface area contributed by atoms with Crippen LogP contribution in [0.5, 0.6) is 0 Å². The van der Waals surface area contributed by atoms with Crippen LogP contribution in [-0.2, 0) is 0 Å². The third-order valence-corrected chi connectivity index (χ3v) is 3.93. The summed E-state index contributed by atoms with van der Waals surface area (Å²) in [6, 6.07) is 12.6. The Balaban J connectivity index is 1.87. The molecular formula is C16H17N5O. The first-order valence-corrected chi connectivity index (χ1v) is 7.50. The molecule has 6 nitrogen and oxygen atoms in total. The molecule has 2 aromatic heterocycles. The van der Waals surface area contributed by atoms with E-state index in [4.69, 9.17) is 0 Å². The van der Waals surface area contributed by atoms with Gasteiger partial charge in [-0.15, -0.1) is 0 Å². The van der Waals surface area contributed by atoms with Crippen LogP contribution in [0.15, 0.2) is 42.7 Å². The van der Waals surface area contributed by atoms with Crippen LogP contribution in [0.2, 0.25) is 0 Å². The molecular weight excluding hydrogens is 278 g/mol. The zero-order chi connectivity index (χ0) is 14.9. The van der Waals surface area contributed by atoms with Gasteiger partial charge >= 0.3 is 0 Å². The molecule has 0 atom stereocenters. The SMILES string of the molecule is OCCN(c1cc(-c2ccccc2)nc2ncnn12)C1CC1. The van der Waals surface area contributed by atoms with Crippen LogP contribution in [0.4, 0.5) is 5.82 Å². The van der Waals surface area contributed by atoms with E-state index >= 15 is 0 Å². The summed E-state index contributed by atoms with van der Waals surface area (Å²) in [5, 5.41) is 13.7. The largest absolute Gasteiger partial charge is 0.395 e. The van der Waals surface area contributed by atoms with Gasteiger partial charge in [-0.25, -0.2) is 4.98 Å². The average molecular weight is 295 g/mol. The zero-order valence-corrected chi connectivity index (χ0v) is 12.1. The first-order valence-electron chi connectivity index (χ1n) is 7.50. The van der Waals surface area contributed by atoms with Crippen molar-refractivity contribution in [2.45, 2.75) is 18.9 Å². The smallest absolute Gasteiger partial charge is 0.254 e. The molecule has 0 unspecified atom stereocenters. The van der Waals surface area contributed by atoms with Crippen LogP contribution in [0.3, 0.4) is 0 Å². The molecule has 1 aromatic carbocycles. The van der Waals surface area contributed by atoms with Gasteiger partial charge in [-0.1, -0.05) is 30.3 Å². The molecule has 112 valence electrons. The minimum absolute atomic E-state index is 0.121. The highest BCUT2D eigenvalue weighted by Gasteiger charge is 2.31. The lowest BCUT2D eigenvalue weighted by Crippen LogP contribution is -2.31. The lowest BCUT2D eigenvalue weighted by atomic mass is 10.1. The van der Waals surface area contributed by atoms with Crippen molar-refractivity contribution in [2.24, 2.45) is 0 Å². The minimum atomic E-state index is 0.121. The fourth-order valence-corrected chi connectivity index (χ4v) is 2.74. The molecule has 2 heterocycles. The summed E-state index contributed by atoms with van der Waals surface area (Å²) in [6.45, 7) is 0.716. The molecule has 0 bridgehead atoms. The van der Waals surface area contributed by atoms with Gasteiger partial charge in [0.25, 0.3) is 5.78 Å². The van der Waals surface area contributed by atoms with Gasteiger partial charge in [-0.2, -0.15) is 14.6 Å². The van der Waals surface area contributed by atoms with Gasteiger partial charge in [0.1, 0.15) is 12.1 Å². The second-order valence-corrected chi connectivity index (χ2v) is 5.49. The van der Waals surface area contributed by atoms with Crippen LogP contribution in [0.1, 0.15) is 12.8 Å². The maximum absolute atomic E-state index is 9.38. The summed E-state index contributed by atoms with van der Waals surface area (Å²) in [5.74, 6) is 1.53. The average Bonchev–Trinajstić information content (AvgIpc) is 3.29. The molecule has 0 spiro atoms. The quantitative estimate of drug-likeness (QED) is 0.777. The number of nitrogens with zero attached hydrogens (tertiary/aromatic N) is 5. The molecule has 0 aliphatic heterocycles. The summed E-state index contributed by atoms with van der Waals surface area (Å²) in [7, 11) is 0. The summed E-state index contributed by atoms with van der Waals surface area (Å²) >= 11 is 0. The van der Waals surface area contributed by atoms with Gasteiger partial charge in [0.15, 0.2) is 0 Å². The molecule has 0 saturated heterocycles. The Bertz CT molecular complexity index is 782. The molecule has 0 amide bonds. The Kier molecular flexibility index (Phi) is 3.23. The fraction of sp³-hybridized carbons (Fsp3) is 0.312. The van der Waals surface area contributed by atoms with Gasteiger partial charge in [-0.05, 0) is 12.8 Å². The number of aliphatic hydroxyl groups excluding tert-OH is 1. The van der Waals surface area contributed by atoms with E-state index in [1.807, 2.05) is 36.4 Å². The van der Waals surface area contributed by atoms with Crippen LogP contribution in [0.25, 0.3) is 17.0 Å². The molecule has 6 heteroatoms. The maximum Gasteiger partial charge on any atom is 0.254 e. The number of anilines is 1. The van der Waals surface area contributed by atoms with Gasteiger partial charge < -0.3 is 10.0 Å². The number of benzene rings is 1. The Hall–Kier alpha value is -2.47. The van der Waals surface area contributed by atoms with E-state index in [1.54, 1.807) is 4.52 Å². The highest BCUT2D eigenvalue weighted by molar-refractivity contribution is 5.66. The standard InChI is InChI=1S/C16H17N5O/c22-9-8-20(13-6-7-13)15-10-14(12-4-2-1-3-5-12)19-16-17-11-18-21(15)16/h1-5,10-11,13,22H,6-9H2. The monoisotopic (exact) mass is 295 g/mol. The number of fused-ring (bicyclic) bond motifs is 1. The zero-order valence-electron chi connectivity index (χ0n) is 12.1. The van der Waals surface area contributed by atoms with Crippen molar-refractivity contribution >= 4 is 11.6 Å². The Morgan fingerprint density at radius 2 is 2.05 bits per heavy atom. The van der Waals surface area contributed by atoms with Crippen molar-refractivity contribution < 1.29 is 5.11 Å². The molecule has 3 aromatic rings. The van der Waals surface area contributed by atoms with E-state index in [2.05, 4.69) is 20.0 Å². The lowest BCUT2D eigenvalue weighted by molar-refractivity contribution is 0.301. The molecule has 1 saturated carbocycles. The second kappa shape index (κ2) is 5.38. The van der Waals surface area contributed by atoms with Gasteiger partial charge in [-0.3, -0.25) is 0 Å². The Morgan fingerprint density at radius 3 is 2.77 bits per heavy atom. The predicted octanol–water partition coefficient (Wildman–Crippen LogP) is 1.75. The molecule has 22 heavy (non-hydrogen) atoms. The van der Waals surface area contributed by atoms with E-state index in [0.717, 1.165) is 29.9 Å². The first-order chi connectivity index (χ1) is 10.9. The molecule has 1 aliphatic carbocycles. The molecule has 1 N–H and O–H groups in total. The second-order valence-electron chi connectivity index (χ2n) is 5.49. The normalized spacial score (nSPS) is 14.4.